The van der Waals surface area contributed by atoms with E-state index in [4.69, 9.17) is 16.0 Å². The fraction of sp³-hybridized carbons (Fsp3) is 0.214. The summed E-state index contributed by atoms with van der Waals surface area (Å²) in [5, 5.41) is 8.01. The van der Waals surface area contributed by atoms with Gasteiger partial charge in [0.05, 0.1) is 12.2 Å². The van der Waals surface area contributed by atoms with E-state index < -0.39 is 0 Å². The summed E-state index contributed by atoms with van der Waals surface area (Å²) in [6, 6.07) is 5.99. The number of benzene rings is 1. The first-order valence-electron chi connectivity index (χ1n) is 6.40. The molecule has 2 heterocycles. The molecule has 0 aliphatic heterocycles. The molecule has 5 nitrogen and oxygen atoms in total. The molecular weight excluding hydrogens is 295 g/mol. The molecule has 0 N–H and O–H groups in total. The van der Waals surface area contributed by atoms with Gasteiger partial charge < -0.3 is 4.42 Å². The topological polar surface area (TPSA) is 56.7 Å². The molecule has 21 heavy (non-hydrogen) atoms. The normalized spacial score (nSPS) is 11.0. The summed E-state index contributed by atoms with van der Waals surface area (Å²) in [5.41, 5.74) is 2.29. The van der Waals surface area contributed by atoms with E-state index in [1.165, 1.54) is 12.1 Å². The van der Waals surface area contributed by atoms with E-state index >= 15 is 0 Å². The van der Waals surface area contributed by atoms with Crippen molar-refractivity contribution in [1.29, 1.82) is 0 Å². The molecule has 7 heteroatoms. The number of hydrogen-bond acceptors (Lipinski definition) is 4. The number of rotatable bonds is 5. The quantitative estimate of drug-likeness (QED) is 0.680. The summed E-state index contributed by atoms with van der Waals surface area (Å²) in [4.78, 5) is 4.36. The average molecular weight is 307 g/mol. The van der Waals surface area contributed by atoms with E-state index in [2.05, 4.69) is 15.3 Å². The molecule has 1 aromatic carbocycles. The lowest BCUT2D eigenvalue weighted by Crippen LogP contribution is -2.00. The zero-order chi connectivity index (χ0) is 14.7. The number of aryl methyl sites for hydroxylation is 1. The lowest BCUT2D eigenvalue weighted by atomic mass is 10.2. The molecule has 0 saturated carbocycles. The molecule has 2 aromatic heterocycles. The van der Waals surface area contributed by atoms with Gasteiger partial charge in [0.15, 0.2) is 0 Å². The number of aromatic nitrogens is 4. The fourth-order valence-electron chi connectivity index (χ4n) is 1.90. The standard InChI is InChI=1S/C14H12ClFN4O/c15-6-5-12-7-20(19-18-12)8-13-9-21-14(17-13)10-1-3-11(16)4-2-10/h1-4,7,9H,5-6,8H2. The molecule has 0 aliphatic rings. The fourth-order valence-corrected chi connectivity index (χ4v) is 2.09. The van der Waals surface area contributed by atoms with Gasteiger partial charge in [-0.1, -0.05) is 5.21 Å². The highest BCUT2D eigenvalue weighted by atomic mass is 35.5. The molecule has 3 rings (SSSR count). The molecule has 0 spiro atoms. The monoisotopic (exact) mass is 306 g/mol. The van der Waals surface area contributed by atoms with Crippen LogP contribution in [0.3, 0.4) is 0 Å². The highest BCUT2D eigenvalue weighted by Gasteiger charge is 2.08. The lowest BCUT2D eigenvalue weighted by Gasteiger charge is -1.95. The summed E-state index contributed by atoms with van der Waals surface area (Å²) in [6.07, 6.45) is 4.07. The Labute approximate surface area is 125 Å². The Bertz CT molecular complexity index is 723. The van der Waals surface area contributed by atoms with Crippen LogP contribution in [-0.4, -0.2) is 25.9 Å². The van der Waals surface area contributed by atoms with Crippen molar-refractivity contribution >= 4 is 11.6 Å². The Morgan fingerprint density at radius 1 is 1.19 bits per heavy atom. The number of hydrogen-bond donors (Lipinski definition) is 0. The molecule has 0 radical (unpaired) electrons. The number of alkyl halides is 1. The van der Waals surface area contributed by atoms with E-state index in [0.29, 0.717) is 24.7 Å². The molecule has 0 bridgehead atoms. The van der Waals surface area contributed by atoms with Crippen LogP contribution in [0, 0.1) is 5.82 Å². The minimum absolute atomic E-state index is 0.292. The van der Waals surface area contributed by atoms with Crippen molar-refractivity contribution in [2.24, 2.45) is 0 Å². The Kier molecular flexibility index (Phi) is 3.96. The molecule has 108 valence electrons. The molecule has 0 aliphatic carbocycles. The van der Waals surface area contributed by atoms with Gasteiger partial charge in [0.25, 0.3) is 0 Å². The Balaban J connectivity index is 1.73. The van der Waals surface area contributed by atoms with Crippen molar-refractivity contribution in [2.45, 2.75) is 13.0 Å². The maximum Gasteiger partial charge on any atom is 0.226 e. The number of nitrogens with zero attached hydrogens (tertiary/aromatic N) is 4. The van der Waals surface area contributed by atoms with Crippen molar-refractivity contribution in [1.82, 2.24) is 20.0 Å². The van der Waals surface area contributed by atoms with E-state index in [1.807, 2.05) is 6.20 Å². The molecule has 0 atom stereocenters. The van der Waals surface area contributed by atoms with Gasteiger partial charge in [-0.15, -0.1) is 16.7 Å². The summed E-state index contributed by atoms with van der Waals surface area (Å²) < 4.78 is 20.0. The second-order valence-corrected chi connectivity index (χ2v) is 4.88. The van der Waals surface area contributed by atoms with Crippen LogP contribution in [-0.2, 0) is 13.0 Å². The first-order chi connectivity index (χ1) is 10.2. The van der Waals surface area contributed by atoms with Gasteiger partial charge in [0, 0.05) is 24.1 Å². The number of halogens is 2. The Hall–Kier alpha value is -2.21. The largest absolute Gasteiger partial charge is 0.444 e. The van der Waals surface area contributed by atoms with Crippen molar-refractivity contribution < 1.29 is 8.81 Å². The first-order valence-corrected chi connectivity index (χ1v) is 6.93. The number of oxazole rings is 1. The molecular formula is C14H12ClFN4O. The predicted octanol–water partition coefficient (Wildman–Crippen LogP) is 2.90. The van der Waals surface area contributed by atoms with Crippen LogP contribution >= 0.6 is 11.6 Å². The van der Waals surface area contributed by atoms with Crippen molar-refractivity contribution in [3.63, 3.8) is 0 Å². The van der Waals surface area contributed by atoms with Crippen LogP contribution in [0.15, 0.2) is 41.1 Å². The smallest absolute Gasteiger partial charge is 0.226 e. The molecule has 0 amide bonds. The third-order valence-corrected chi connectivity index (χ3v) is 3.09. The van der Waals surface area contributed by atoms with Gasteiger partial charge in [-0.05, 0) is 24.3 Å². The average Bonchev–Trinajstić information content (AvgIpc) is 3.11. The summed E-state index contributed by atoms with van der Waals surface area (Å²) in [6.45, 7) is 0.458. The molecule has 3 aromatic rings. The summed E-state index contributed by atoms with van der Waals surface area (Å²) in [7, 11) is 0. The molecule has 0 fully saturated rings. The van der Waals surface area contributed by atoms with Crippen molar-refractivity contribution in [2.75, 3.05) is 5.88 Å². The van der Waals surface area contributed by atoms with Crippen LogP contribution in [0.5, 0.6) is 0 Å². The van der Waals surface area contributed by atoms with E-state index in [0.717, 1.165) is 17.0 Å². The van der Waals surface area contributed by atoms with Crippen LogP contribution < -0.4 is 0 Å². The first kappa shape index (κ1) is 13.8. The highest BCUT2D eigenvalue weighted by Crippen LogP contribution is 2.19. The van der Waals surface area contributed by atoms with E-state index in [1.54, 1.807) is 23.1 Å². The second-order valence-electron chi connectivity index (χ2n) is 4.50. The SMILES string of the molecule is Fc1ccc(-c2nc(Cn3cc(CCCl)nn3)co2)cc1. The maximum absolute atomic E-state index is 12.9. The van der Waals surface area contributed by atoms with Crippen LogP contribution in [0.1, 0.15) is 11.4 Å². The zero-order valence-corrected chi connectivity index (χ0v) is 11.8. The minimum Gasteiger partial charge on any atom is -0.444 e. The predicted molar refractivity (Wildman–Crippen MR) is 75.4 cm³/mol. The minimum atomic E-state index is -0.292. The van der Waals surface area contributed by atoms with Gasteiger partial charge in [-0.25, -0.2) is 14.1 Å². The van der Waals surface area contributed by atoms with Gasteiger partial charge in [0.2, 0.25) is 5.89 Å². The Morgan fingerprint density at radius 2 is 2.00 bits per heavy atom. The zero-order valence-electron chi connectivity index (χ0n) is 11.0. The van der Waals surface area contributed by atoms with Crippen molar-refractivity contribution in [3.8, 4) is 11.5 Å². The van der Waals surface area contributed by atoms with Gasteiger partial charge >= 0.3 is 0 Å². The van der Waals surface area contributed by atoms with E-state index in [-0.39, 0.29) is 5.82 Å². The van der Waals surface area contributed by atoms with Crippen molar-refractivity contribution in [3.05, 3.63) is 53.9 Å². The third-order valence-electron chi connectivity index (χ3n) is 2.90. The van der Waals surface area contributed by atoms with Gasteiger partial charge in [-0.3, -0.25) is 0 Å². The highest BCUT2D eigenvalue weighted by molar-refractivity contribution is 6.17. The third kappa shape index (κ3) is 3.28. The van der Waals surface area contributed by atoms with E-state index in [9.17, 15) is 4.39 Å². The maximum atomic E-state index is 12.9. The van der Waals surface area contributed by atoms with Gasteiger partial charge in [-0.2, -0.15) is 0 Å². The summed E-state index contributed by atoms with van der Waals surface area (Å²) in [5.74, 6) is 0.670. The van der Waals surface area contributed by atoms with Crippen LogP contribution in [0.4, 0.5) is 4.39 Å². The van der Waals surface area contributed by atoms with Crippen LogP contribution in [0.25, 0.3) is 11.5 Å². The lowest BCUT2D eigenvalue weighted by molar-refractivity contribution is 0.567. The molecule has 0 saturated heterocycles. The van der Waals surface area contributed by atoms with Gasteiger partial charge in [0.1, 0.15) is 17.8 Å². The Morgan fingerprint density at radius 3 is 2.76 bits per heavy atom. The summed E-state index contributed by atoms with van der Waals surface area (Å²) >= 11 is 5.66. The van der Waals surface area contributed by atoms with Crippen LogP contribution in [0.2, 0.25) is 0 Å². The second kappa shape index (κ2) is 6.05. The molecule has 0 unspecified atom stereocenters.